The van der Waals surface area contributed by atoms with E-state index in [-0.39, 0.29) is 0 Å². The molecule has 0 aliphatic heterocycles. The first-order chi connectivity index (χ1) is 6.80. The van der Waals surface area contributed by atoms with Crippen LogP contribution in [0, 0.1) is 11.8 Å². The Balaban J connectivity index is 1.99. The molecule has 14 heavy (non-hydrogen) atoms. The standard InChI is InChI=1S/C12H23NO/c1-2-6-13-12(5-7-14)9-10-3-4-11(12)8-10/h10-11,13-14H,2-9H2,1H3. The number of nitrogens with one attached hydrogen (secondary N) is 1. The zero-order chi connectivity index (χ0) is 10.0. The van der Waals surface area contributed by atoms with Crippen molar-refractivity contribution < 1.29 is 5.11 Å². The van der Waals surface area contributed by atoms with Gasteiger partial charge in [0.1, 0.15) is 0 Å². The maximum Gasteiger partial charge on any atom is 0.0448 e. The van der Waals surface area contributed by atoms with Gasteiger partial charge in [0, 0.05) is 12.1 Å². The van der Waals surface area contributed by atoms with Crippen LogP contribution in [0.15, 0.2) is 0 Å². The van der Waals surface area contributed by atoms with Crippen LogP contribution in [-0.4, -0.2) is 23.8 Å². The summed E-state index contributed by atoms with van der Waals surface area (Å²) in [6.45, 7) is 3.68. The summed E-state index contributed by atoms with van der Waals surface area (Å²) in [7, 11) is 0. The Morgan fingerprint density at radius 2 is 2.29 bits per heavy atom. The van der Waals surface area contributed by atoms with Crippen LogP contribution in [0.5, 0.6) is 0 Å². The minimum absolute atomic E-state index is 0.313. The fraction of sp³-hybridized carbons (Fsp3) is 1.00. The Labute approximate surface area is 87.1 Å². The second-order valence-electron chi connectivity index (χ2n) is 5.14. The number of aliphatic hydroxyl groups is 1. The van der Waals surface area contributed by atoms with Gasteiger partial charge in [0.15, 0.2) is 0 Å². The maximum absolute atomic E-state index is 9.18. The molecule has 2 fully saturated rings. The van der Waals surface area contributed by atoms with Crippen LogP contribution < -0.4 is 5.32 Å². The minimum atomic E-state index is 0.313. The molecule has 2 N–H and O–H groups in total. The molecule has 0 heterocycles. The van der Waals surface area contributed by atoms with Crippen LogP contribution in [0.25, 0.3) is 0 Å². The third kappa shape index (κ3) is 1.70. The molecule has 2 aliphatic rings. The van der Waals surface area contributed by atoms with Gasteiger partial charge < -0.3 is 10.4 Å². The fourth-order valence-corrected chi connectivity index (χ4v) is 3.63. The predicted molar refractivity (Wildman–Crippen MR) is 58.2 cm³/mol. The monoisotopic (exact) mass is 197 g/mol. The summed E-state index contributed by atoms with van der Waals surface area (Å²) in [6, 6.07) is 0. The van der Waals surface area contributed by atoms with Gasteiger partial charge in [0.2, 0.25) is 0 Å². The third-order valence-corrected chi connectivity index (χ3v) is 4.26. The van der Waals surface area contributed by atoms with E-state index in [1.807, 2.05) is 0 Å². The van der Waals surface area contributed by atoms with Crippen molar-refractivity contribution in [3.63, 3.8) is 0 Å². The number of fused-ring (bicyclic) bond motifs is 2. The largest absolute Gasteiger partial charge is 0.396 e. The first kappa shape index (κ1) is 10.4. The van der Waals surface area contributed by atoms with Crippen molar-refractivity contribution in [3.05, 3.63) is 0 Å². The second-order valence-corrected chi connectivity index (χ2v) is 5.14. The van der Waals surface area contributed by atoms with Crippen LogP contribution >= 0.6 is 0 Å². The first-order valence-corrected chi connectivity index (χ1v) is 6.16. The number of rotatable bonds is 5. The first-order valence-electron chi connectivity index (χ1n) is 6.16. The second kappa shape index (κ2) is 4.19. The molecule has 2 heteroatoms. The highest BCUT2D eigenvalue weighted by Crippen LogP contribution is 2.52. The summed E-state index contributed by atoms with van der Waals surface area (Å²) in [5.41, 5.74) is 0.313. The van der Waals surface area contributed by atoms with Gasteiger partial charge in [-0.05, 0) is 50.5 Å². The third-order valence-electron chi connectivity index (χ3n) is 4.26. The summed E-state index contributed by atoms with van der Waals surface area (Å²) in [6.07, 6.45) is 7.72. The van der Waals surface area contributed by atoms with Crippen molar-refractivity contribution in [2.24, 2.45) is 11.8 Å². The van der Waals surface area contributed by atoms with Gasteiger partial charge in [0.05, 0.1) is 0 Å². The van der Waals surface area contributed by atoms with E-state index in [9.17, 15) is 5.11 Å². The van der Waals surface area contributed by atoms with E-state index in [1.54, 1.807) is 0 Å². The summed E-state index contributed by atoms with van der Waals surface area (Å²) in [5.74, 6) is 1.81. The van der Waals surface area contributed by atoms with E-state index in [2.05, 4.69) is 12.2 Å². The van der Waals surface area contributed by atoms with Crippen LogP contribution in [0.1, 0.15) is 45.4 Å². The van der Waals surface area contributed by atoms with Crippen LogP contribution in [-0.2, 0) is 0 Å². The normalized spacial score (nSPS) is 40.7. The van der Waals surface area contributed by atoms with Gasteiger partial charge in [-0.2, -0.15) is 0 Å². The molecule has 2 bridgehead atoms. The van der Waals surface area contributed by atoms with Crippen molar-refractivity contribution in [1.29, 1.82) is 0 Å². The summed E-state index contributed by atoms with van der Waals surface area (Å²) in [4.78, 5) is 0. The van der Waals surface area contributed by atoms with Crippen LogP contribution in [0.3, 0.4) is 0 Å². The van der Waals surface area contributed by atoms with Crippen molar-refractivity contribution in [2.75, 3.05) is 13.2 Å². The zero-order valence-electron chi connectivity index (χ0n) is 9.26. The molecule has 0 amide bonds. The summed E-state index contributed by atoms with van der Waals surface area (Å²) >= 11 is 0. The lowest BCUT2D eigenvalue weighted by Crippen LogP contribution is -2.50. The van der Waals surface area contributed by atoms with Crippen molar-refractivity contribution in [3.8, 4) is 0 Å². The lowest BCUT2D eigenvalue weighted by atomic mass is 9.78. The highest BCUT2D eigenvalue weighted by Gasteiger charge is 2.49. The van der Waals surface area contributed by atoms with Crippen LogP contribution in [0.4, 0.5) is 0 Å². The molecule has 2 rings (SSSR count). The number of aliphatic hydroxyl groups excluding tert-OH is 1. The average molecular weight is 197 g/mol. The predicted octanol–water partition coefficient (Wildman–Crippen LogP) is 1.93. The Morgan fingerprint density at radius 1 is 1.43 bits per heavy atom. The minimum Gasteiger partial charge on any atom is -0.396 e. The lowest BCUT2D eigenvalue weighted by molar-refractivity contribution is 0.150. The molecular formula is C12H23NO. The van der Waals surface area contributed by atoms with E-state index in [4.69, 9.17) is 0 Å². The molecule has 2 saturated carbocycles. The number of hydrogen-bond acceptors (Lipinski definition) is 2. The zero-order valence-corrected chi connectivity index (χ0v) is 9.26. The average Bonchev–Trinajstić information content (AvgIpc) is 2.75. The van der Waals surface area contributed by atoms with Gasteiger partial charge in [-0.15, -0.1) is 0 Å². The SMILES string of the molecule is CCCNC1(CCO)CC2CCC1C2. The van der Waals surface area contributed by atoms with Crippen molar-refractivity contribution in [2.45, 2.75) is 51.0 Å². The highest BCUT2D eigenvalue weighted by molar-refractivity contribution is 5.06. The number of hydrogen-bond donors (Lipinski definition) is 2. The van der Waals surface area contributed by atoms with Gasteiger partial charge in [-0.1, -0.05) is 13.3 Å². The molecule has 0 aromatic heterocycles. The van der Waals surface area contributed by atoms with Crippen LogP contribution in [0.2, 0.25) is 0 Å². The van der Waals surface area contributed by atoms with E-state index >= 15 is 0 Å². The topological polar surface area (TPSA) is 32.3 Å². The Morgan fingerprint density at radius 3 is 2.79 bits per heavy atom. The van der Waals surface area contributed by atoms with E-state index in [0.29, 0.717) is 12.1 Å². The smallest absolute Gasteiger partial charge is 0.0448 e. The summed E-state index contributed by atoms with van der Waals surface area (Å²) in [5, 5.41) is 12.9. The van der Waals surface area contributed by atoms with Crippen molar-refractivity contribution >= 4 is 0 Å². The molecule has 3 atom stereocenters. The Bertz CT molecular complexity index is 195. The summed E-state index contributed by atoms with van der Waals surface area (Å²) < 4.78 is 0. The quantitative estimate of drug-likeness (QED) is 0.706. The fourth-order valence-electron chi connectivity index (χ4n) is 3.63. The molecule has 2 nitrogen and oxygen atoms in total. The van der Waals surface area contributed by atoms with Gasteiger partial charge in [0.25, 0.3) is 0 Å². The molecule has 82 valence electrons. The molecule has 0 radical (unpaired) electrons. The van der Waals surface area contributed by atoms with E-state index in [1.165, 1.54) is 32.1 Å². The molecule has 0 aromatic carbocycles. The van der Waals surface area contributed by atoms with E-state index < -0.39 is 0 Å². The molecule has 0 aromatic rings. The molecular weight excluding hydrogens is 174 g/mol. The molecule has 2 aliphatic carbocycles. The maximum atomic E-state index is 9.18. The van der Waals surface area contributed by atoms with Gasteiger partial charge in [-0.3, -0.25) is 0 Å². The highest BCUT2D eigenvalue weighted by atomic mass is 16.3. The van der Waals surface area contributed by atoms with Gasteiger partial charge >= 0.3 is 0 Å². The Kier molecular flexibility index (Phi) is 3.13. The van der Waals surface area contributed by atoms with E-state index in [0.717, 1.165) is 24.8 Å². The lowest BCUT2D eigenvalue weighted by Gasteiger charge is -2.38. The van der Waals surface area contributed by atoms with Crippen molar-refractivity contribution in [1.82, 2.24) is 5.32 Å². The molecule has 0 spiro atoms. The van der Waals surface area contributed by atoms with Gasteiger partial charge in [-0.25, -0.2) is 0 Å². The molecule has 0 saturated heterocycles. The Hall–Kier alpha value is -0.0800. The molecule has 3 unspecified atom stereocenters.